The normalized spacial score (nSPS) is 41.4. The van der Waals surface area contributed by atoms with Gasteiger partial charge in [0.1, 0.15) is 11.7 Å². The molecule has 0 aliphatic carbocycles. The Morgan fingerprint density at radius 1 is 1.40 bits per heavy atom. The van der Waals surface area contributed by atoms with E-state index in [1.54, 1.807) is 21.0 Å². The highest BCUT2D eigenvalue weighted by atomic mass is 16.7. The predicted molar refractivity (Wildman–Crippen MR) is 51.8 cm³/mol. The summed E-state index contributed by atoms with van der Waals surface area (Å²) in [6.07, 6.45) is -2.75. The minimum Gasteiger partial charge on any atom is -0.393 e. The van der Waals surface area contributed by atoms with Crippen LogP contribution in [0.4, 0.5) is 0 Å². The van der Waals surface area contributed by atoms with E-state index in [2.05, 4.69) is 0 Å². The average molecular weight is 221 g/mol. The lowest BCUT2D eigenvalue weighted by molar-refractivity contribution is -0.234. The molecule has 4 atom stereocenters. The van der Waals surface area contributed by atoms with Gasteiger partial charge in [-0.05, 0) is 6.42 Å². The Labute approximate surface area is 89.0 Å². The van der Waals surface area contributed by atoms with Crippen molar-refractivity contribution < 1.29 is 24.9 Å². The second-order valence-electron chi connectivity index (χ2n) is 3.91. The fourth-order valence-electron chi connectivity index (χ4n) is 1.72. The number of hydroxylamine groups is 2. The molecular formula is C9H19NO5. The molecule has 0 amide bonds. The topological polar surface area (TPSA) is 82.4 Å². The highest BCUT2D eigenvalue weighted by Crippen LogP contribution is 2.34. The van der Waals surface area contributed by atoms with Gasteiger partial charge in [-0.15, -0.1) is 0 Å². The summed E-state index contributed by atoms with van der Waals surface area (Å²) in [5.74, 6) is 0. The second-order valence-corrected chi connectivity index (χ2v) is 3.91. The zero-order chi connectivity index (χ0) is 11.6. The van der Waals surface area contributed by atoms with Crippen LogP contribution >= 0.6 is 0 Å². The Hall–Kier alpha value is -0.240. The van der Waals surface area contributed by atoms with Crippen LogP contribution in [0.2, 0.25) is 0 Å². The minimum atomic E-state index is -1.23. The first-order valence-corrected chi connectivity index (χ1v) is 4.95. The van der Waals surface area contributed by atoms with Crippen molar-refractivity contribution in [1.29, 1.82) is 0 Å². The van der Waals surface area contributed by atoms with Crippen LogP contribution < -0.4 is 0 Å². The van der Waals surface area contributed by atoms with Gasteiger partial charge in [-0.25, -0.2) is 0 Å². The van der Waals surface area contributed by atoms with Crippen LogP contribution in [0.5, 0.6) is 0 Å². The zero-order valence-corrected chi connectivity index (χ0v) is 9.25. The first-order valence-electron chi connectivity index (χ1n) is 4.95. The van der Waals surface area contributed by atoms with E-state index in [0.717, 1.165) is 0 Å². The van der Waals surface area contributed by atoms with Gasteiger partial charge >= 0.3 is 0 Å². The van der Waals surface area contributed by atoms with E-state index in [1.165, 1.54) is 5.06 Å². The predicted octanol–water partition coefficient (Wildman–Crippen LogP) is -1.30. The maximum atomic E-state index is 9.92. The number of hydrogen-bond acceptors (Lipinski definition) is 6. The van der Waals surface area contributed by atoms with Crippen LogP contribution in [0.3, 0.4) is 0 Å². The molecular weight excluding hydrogens is 202 g/mol. The summed E-state index contributed by atoms with van der Waals surface area (Å²) >= 11 is 0. The Balaban J connectivity index is 2.77. The van der Waals surface area contributed by atoms with Gasteiger partial charge in [-0.1, -0.05) is 6.92 Å². The number of aliphatic hydroxyl groups excluding tert-OH is 3. The zero-order valence-electron chi connectivity index (χ0n) is 9.25. The maximum absolute atomic E-state index is 9.92. The summed E-state index contributed by atoms with van der Waals surface area (Å²) < 4.78 is 5.18. The molecule has 0 spiro atoms. The van der Waals surface area contributed by atoms with Crippen LogP contribution in [0.1, 0.15) is 13.3 Å². The first-order chi connectivity index (χ1) is 6.96. The number of aliphatic hydroxyl groups is 3. The minimum absolute atomic E-state index is 0.352. The SMILES string of the molecule is CC[C@]1(CO)O[C@@H](O)[C@@H](ON(C)C)C1O. The highest BCUT2D eigenvalue weighted by Gasteiger charge is 2.54. The molecule has 1 saturated heterocycles. The van der Waals surface area contributed by atoms with Crippen molar-refractivity contribution in [3.8, 4) is 0 Å². The van der Waals surface area contributed by atoms with Crippen molar-refractivity contribution >= 4 is 0 Å². The lowest BCUT2D eigenvalue weighted by atomic mass is 9.93. The van der Waals surface area contributed by atoms with Crippen LogP contribution in [-0.4, -0.2) is 65.2 Å². The van der Waals surface area contributed by atoms with E-state index in [9.17, 15) is 15.3 Å². The molecule has 0 aromatic heterocycles. The molecule has 0 aromatic rings. The largest absolute Gasteiger partial charge is 0.393 e. The summed E-state index contributed by atoms with van der Waals surface area (Å²) in [7, 11) is 3.29. The standard InChI is InChI=1S/C9H19NO5/c1-4-9(5-11)7(12)6(8(13)14-9)15-10(2)3/h6-8,11-13H,4-5H2,1-3H3/t6-,7?,8+,9+/m0/s1. The van der Waals surface area contributed by atoms with Crippen LogP contribution in [0, 0.1) is 0 Å². The molecule has 0 aromatic carbocycles. The third-order valence-corrected chi connectivity index (χ3v) is 2.69. The number of hydrogen-bond donors (Lipinski definition) is 3. The van der Waals surface area contributed by atoms with E-state index >= 15 is 0 Å². The van der Waals surface area contributed by atoms with E-state index in [0.29, 0.717) is 6.42 Å². The number of ether oxygens (including phenoxy) is 1. The molecule has 1 aliphatic heterocycles. The molecule has 3 N–H and O–H groups in total. The monoisotopic (exact) mass is 221 g/mol. The second kappa shape index (κ2) is 4.73. The maximum Gasteiger partial charge on any atom is 0.186 e. The molecule has 0 radical (unpaired) electrons. The van der Waals surface area contributed by atoms with Gasteiger partial charge in [-0.2, -0.15) is 5.06 Å². The molecule has 90 valence electrons. The third kappa shape index (κ3) is 2.30. The van der Waals surface area contributed by atoms with E-state index in [1.807, 2.05) is 0 Å². The number of nitrogens with zero attached hydrogens (tertiary/aromatic N) is 1. The number of rotatable bonds is 4. The Kier molecular flexibility index (Phi) is 4.05. The molecule has 6 heteroatoms. The van der Waals surface area contributed by atoms with Crippen LogP contribution in [0.15, 0.2) is 0 Å². The van der Waals surface area contributed by atoms with Gasteiger partial charge < -0.3 is 20.1 Å². The molecule has 1 aliphatic rings. The van der Waals surface area contributed by atoms with Crippen LogP contribution in [0.25, 0.3) is 0 Å². The van der Waals surface area contributed by atoms with Gasteiger partial charge in [0, 0.05) is 14.1 Å². The lowest BCUT2D eigenvalue weighted by Gasteiger charge is -2.28. The smallest absolute Gasteiger partial charge is 0.186 e. The van der Waals surface area contributed by atoms with Gasteiger partial charge in [0.2, 0.25) is 0 Å². The van der Waals surface area contributed by atoms with Crippen LogP contribution in [-0.2, 0) is 9.57 Å². The van der Waals surface area contributed by atoms with E-state index < -0.39 is 24.1 Å². The Bertz CT molecular complexity index is 207. The molecule has 1 rings (SSSR count). The summed E-state index contributed by atoms with van der Waals surface area (Å²) in [5.41, 5.74) is -1.12. The van der Waals surface area contributed by atoms with Gasteiger partial charge in [0.15, 0.2) is 12.4 Å². The van der Waals surface area contributed by atoms with Crippen molar-refractivity contribution in [3.63, 3.8) is 0 Å². The lowest BCUT2D eigenvalue weighted by Crippen LogP contribution is -2.47. The molecule has 1 heterocycles. The molecule has 1 unspecified atom stereocenters. The van der Waals surface area contributed by atoms with Gasteiger partial charge in [0.25, 0.3) is 0 Å². The summed E-state index contributed by atoms with van der Waals surface area (Å²) in [6, 6.07) is 0. The van der Waals surface area contributed by atoms with E-state index in [-0.39, 0.29) is 6.61 Å². The van der Waals surface area contributed by atoms with Crippen molar-refractivity contribution in [1.82, 2.24) is 5.06 Å². The molecule has 15 heavy (non-hydrogen) atoms. The molecule has 0 saturated carbocycles. The van der Waals surface area contributed by atoms with Gasteiger partial charge in [0.05, 0.1) is 6.61 Å². The molecule has 6 nitrogen and oxygen atoms in total. The van der Waals surface area contributed by atoms with Crippen molar-refractivity contribution in [2.75, 3.05) is 20.7 Å². The fraction of sp³-hybridized carbons (Fsp3) is 1.00. The first kappa shape index (κ1) is 12.8. The van der Waals surface area contributed by atoms with Crippen molar-refractivity contribution in [2.45, 2.75) is 37.4 Å². The van der Waals surface area contributed by atoms with Crippen molar-refractivity contribution in [3.05, 3.63) is 0 Å². The quantitative estimate of drug-likeness (QED) is 0.512. The van der Waals surface area contributed by atoms with Gasteiger partial charge in [-0.3, -0.25) is 4.84 Å². The summed E-state index contributed by atoms with van der Waals surface area (Å²) in [6.45, 7) is 1.42. The Morgan fingerprint density at radius 2 is 2.00 bits per heavy atom. The summed E-state index contributed by atoms with van der Waals surface area (Å²) in [5, 5.41) is 30.1. The van der Waals surface area contributed by atoms with Crippen molar-refractivity contribution in [2.24, 2.45) is 0 Å². The fourth-order valence-corrected chi connectivity index (χ4v) is 1.72. The third-order valence-electron chi connectivity index (χ3n) is 2.69. The summed E-state index contributed by atoms with van der Waals surface area (Å²) in [4.78, 5) is 5.19. The highest BCUT2D eigenvalue weighted by molar-refractivity contribution is 4.98. The molecule has 0 bridgehead atoms. The average Bonchev–Trinajstić information content (AvgIpc) is 2.42. The Morgan fingerprint density at radius 3 is 2.33 bits per heavy atom. The molecule has 1 fully saturated rings. The van der Waals surface area contributed by atoms with E-state index in [4.69, 9.17) is 9.57 Å².